The zero-order chi connectivity index (χ0) is 22.6. The first-order valence-electron chi connectivity index (χ1n) is 11.4. The topological polar surface area (TPSA) is 41.4 Å². The Bertz CT molecular complexity index is 1210. The molecule has 0 saturated carbocycles. The third-order valence-corrected chi connectivity index (χ3v) is 6.29. The maximum absolute atomic E-state index is 13.6. The number of amides is 1. The monoisotopic (exact) mass is 436 g/mol. The molecule has 0 bridgehead atoms. The molecule has 0 spiro atoms. The van der Waals surface area contributed by atoms with Crippen molar-refractivity contribution in [2.24, 2.45) is 0 Å². The zero-order valence-corrected chi connectivity index (χ0v) is 18.9. The van der Waals surface area contributed by atoms with E-state index < -0.39 is 0 Å². The third-order valence-electron chi connectivity index (χ3n) is 6.29. The number of hydrogen-bond donors (Lipinski definition) is 0. The lowest BCUT2D eigenvalue weighted by molar-refractivity contribution is 0.0736. The number of benzene rings is 2. The van der Waals surface area contributed by atoms with Crippen LogP contribution in [-0.2, 0) is 6.54 Å². The predicted molar refractivity (Wildman–Crippen MR) is 133 cm³/mol. The van der Waals surface area contributed by atoms with Gasteiger partial charge in [0, 0.05) is 62.6 Å². The van der Waals surface area contributed by atoms with E-state index in [0.717, 1.165) is 29.9 Å². The Kier molecular flexibility index (Phi) is 5.94. The van der Waals surface area contributed by atoms with E-state index in [1.54, 1.807) is 12.4 Å². The minimum absolute atomic E-state index is 0.0927. The molecule has 1 fully saturated rings. The lowest BCUT2D eigenvalue weighted by Gasteiger charge is -2.36. The summed E-state index contributed by atoms with van der Waals surface area (Å²) in [5, 5.41) is 0. The second kappa shape index (κ2) is 9.33. The number of hydrogen-bond acceptors (Lipinski definition) is 3. The van der Waals surface area contributed by atoms with Crippen LogP contribution in [0.2, 0.25) is 0 Å². The number of carbonyl (C=O) groups is 1. The number of para-hydroxylation sites is 1. The molecule has 3 heterocycles. The van der Waals surface area contributed by atoms with Crippen molar-refractivity contribution in [2.75, 3.05) is 31.1 Å². The van der Waals surface area contributed by atoms with Crippen LogP contribution in [0.3, 0.4) is 0 Å². The van der Waals surface area contributed by atoms with Gasteiger partial charge in [-0.15, -0.1) is 0 Å². The molecule has 4 aromatic rings. The molecule has 0 N–H and O–H groups in total. The van der Waals surface area contributed by atoms with Gasteiger partial charge in [-0.2, -0.15) is 0 Å². The molecule has 1 amide bonds. The van der Waals surface area contributed by atoms with Gasteiger partial charge in [0.15, 0.2) is 0 Å². The molecule has 1 saturated heterocycles. The number of rotatable bonds is 5. The molecule has 0 aliphatic carbocycles. The van der Waals surface area contributed by atoms with Crippen LogP contribution in [0.15, 0.2) is 91.4 Å². The average molecular weight is 437 g/mol. The van der Waals surface area contributed by atoms with E-state index in [1.165, 1.54) is 16.8 Å². The number of aryl methyl sites for hydroxylation is 1. The van der Waals surface area contributed by atoms with Crippen molar-refractivity contribution < 1.29 is 4.79 Å². The Morgan fingerprint density at radius 2 is 1.55 bits per heavy atom. The highest BCUT2D eigenvalue weighted by Crippen LogP contribution is 2.25. The van der Waals surface area contributed by atoms with E-state index in [1.807, 2.05) is 29.2 Å². The Morgan fingerprint density at radius 1 is 0.848 bits per heavy atom. The fourth-order valence-corrected chi connectivity index (χ4v) is 4.38. The molecule has 33 heavy (non-hydrogen) atoms. The number of piperazine rings is 1. The van der Waals surface area contributed by atoms with Crippen LogP contribution < -0.4 is 4.90 Å². The quantitative estimate of drug-likeness (QED) is 0.448. The fraction of sp³-hybridized carbons (Fsp3) is 0.214. The minimum atomic E-state index is 0.0927. The number of pyridine rings is 1. The van der Waals surface area contributed by atoms with E-state index in [0.29, 0.717) is 19.6 Å². The van der Waals surface area contributed by atoms with E-state index in [2.05, 4.69) is 76.1 Å². The van der Waals surface area contributed by atoms with Crippen molar-refractivity contribution in [3.05, 3.63) is 108 Å². The van der Waals surface area contributed by atoms with Crippen LogP contribution >= 0.6 is 0 Å². The largest absolute Gasteiger partial charge is 0.368 e. The van der Waals surface area contributed by atoms with Crippen LogP contribution in [0, 0.1) is 6.92 Å². The molecule has 166 valence electrons. The minimum Gasteiger partial charge on any atom is -0.368 e. The van der Waals surface area contributed by atoms with Crippen molar-refractivity contribution in [2.45, 2.75) is 13.5 Å². The van der Waals surface area contributed by atoms with E-state index in [9.17, 15) is 4.79 Å². The van der Waals surface area contributed by atoms with E-state index in [4.69, 9.17) is 0 Å². The maximum Gasteiger partial charge on any atom is 0.270 e. The number of anilines is 1. The Balaban J connectivity index is 1.39. The van der Waals surface area contributed by atoms with Gasteiger partial charge in [0.05, 0.1) is 0 Å². The van der Waals surface area contributed by atoms with Gasteiger partial charge < -0.3 is 14.4 Å². The number of nitrogens with zero attached hydrogens (tertiary/aromatic N) is 4. The van der Waals surface area contributed by atoms with Gasteiger partial charge in [-0.25, -0.2) is 0 Å². The number of aromatic nitrogens is 2. The number of carbonyl (C=O) groups excluding carboxylic acids is 1. The van der Waals surface area contributed by atoms with E-state index >= 15 is 0 Å². The molecular formula is C28H28N4O. The van der Waals surface area contributed by atoms with Crippen molar-refractivity contribution >= 4 is 11.6 Å². The van der Waals surface area contributed by atoms with Crippen LogP contribution in [0.1, 0.15) is 21.6 Å². The molecule has 5 heteroatoms. The summed E-state index contributed by atoms with van der Waals surface area (Å²) in [5.74, 6) is 0.0927. The highest BCUT2D eigenvalue weighted by molar-refractivity contribution is 5.94. The molecule has 0 unspecified atom stereocenters. The van der Waals surface area contributed by atoms with Gasteiger partial charge in [0.2, 0.25) is 0 Å². The van der Waals surface area contributed by atoms with Crippen molar-refractivity contribution in [1.82, 2.24) is 14.5 Å². The molecule has 1 aliphatic heterocycles. The van der Waals surface area contributed by atoms with Gasteiger partial charge in [-0.3, -0.25) is 9.78 Å². The van der Waals surface area contributed by atoms with Crippen molar-refractivity contribution in [3.8, 4) is 11.1 Å². The average Bonchev–Trinajstić information content (AvgIpc) is 3.30. The second-order valence-electron chi connectivity index (χ2n) is 8.58. The lowest BCUT2D eigenvalue weighted by Crippen LogP contribution is -2.49. The lowest BCUT2D eigenvalue weighted by atomic mass is 10.1. The van der Waals surface area contributed by atoms with Gasteiger partial charge in [-0.05, 0) is 48.4 Å². The first-order chi connectivity index (χ1) is 16.2. The summed E-state index contributed by atoms with van der Waals surface area (Å²) in [6.07, 6.45) is 5.66. The first-order valence-corrected chi connectivity index (χ1v) is 11.4. The normalized spacial score (nSPS) is 13.8. The first kappa shape index (κ1) is 21.0. The summed E-state index contributed by atoms with van der Waals surface area (Å²) in [4.78, 5) is 22.1. The Morgan fingerprint density at radius 3 is 2.24 bits per heavy atom. The third kappa shape index (κ3) is 4.67. The van der Waals surface area contributed by atoms with Crippen LogP contribution in [0.25, 0.3) is 11.1 Å². The summed E-state index contributed by atoms with van der Waals surface area (Å²) >= 11 is 0. The Labute approximate surface area is 194 Å². The van der Waals surface area contributed by atoms with Crippen LogP contribution in [0.4, 0.5) is 5.69 Å². The molecule has 5 nitrogen and oxygen atoms in total. The summed E-state index contributed by atoms with van der Waals surface area (Å²) in [6, 6.07) is 24.9. The smallest absolute Gasteiger partial charge is 0.270 e. The summed E-state index contributed by atoms with van der Waals surface area (Å²) in [7, 11) is 0. The molecule has 2 aromatic carbocycles. The maximum atomic E-state index is 13.6. The highest BCUT2D eigenvalue weighted by atomic mass is 16.2. The van der Waals surface area contributed by atoms with Gasteiger partial charge in [0.25, 0.3) is 5.91 Å². The van der Waals surface area contributed by atoms with Crippen molar-refractivity contribution in [3.63, 3.8) is 0 Å². The fourth-order valence-electron chi connectivity index (χ4n) is 4.38. The Hall–Kier alpha value is -3.86. The highest BCUT2D eigenvalue weighted by Gasteiger charge is 2.25. The van der Waals surface area contributed by atoms with E-state index in [-0.39, 0.29) is 5.91 Å². The molecule has 1 aliphatic rings. The van der Waals surface area contributed by atoms with Gasteiger partial charge >= 0.3 is 0 Å². The predicted octanol–water partition coefficient (Wildman–Crippen LogP) is 4.87. The summed E-state index contributed by atoms with van der Waals surface area (Å²) in [6.45, 7) is 5.86. The molecule has 5 rings (SSSR count). The van der Waals surface area contributed by atoms with Crippen molar-refractivity contribution in [1.29, 1.82) is 0 Å². The zero-order valence-electron chi connectivity index (χ0n) is 18.9. The van der Waals surface area contributed by atoms with Gasteiger partial charge in [-0.1, -0.05) is 48.0 Å². The standard InChI is InChI=1S/C28H28N4O/c1-22-7-9-23(10-8-22)20-32-21-25(24-11-13-29-14-12-24)19-27(32)28(33)31-17-15-30(16-18-31)26-5-3-2-4-6-26/h2-14,19,21H,15-18,20H2,1H3. The molecule has 0 atom stereocenters. The summed E-state index contributed by atoms with van der Waals surface area (Å²) in [5.41, 5.74) is 6.46. The van der Waals surface area contributed by atoms with Crippen LogP contribution in [0.5, 0.6) is 0 Å². The second-order valence-corrected chi connectivity index (χ2v) is 8.58. The van der Waals surface area contributed by atoms with Gasteiger partial charge in [0.1, 0.15) is 5.69 Å². The summed E-state index contributed by atoms with van der Waals surface area (Å²) < 4.78 is 2.09. The molecule has 2 aromatic heterocycles. The molecule has 0 radical (unpaired) electrons. The van der Waals surface area contributed by atoms with Crippen LogP contribution in [-0.4, -0.2) is 46.5 Å². The molecular weight excluding hydrogens is 408 g/mol. The SMILES string of the molecule is Cc1ccc(Cn2cc(-c3ccncc3)cc2C(=O)N2CCN(c3ccccc3)CC2)cc1.